The van der Waals surface area contributed by atoms with E-state index in [2.05, 4.69) is 32.7 Å². The number of aromatic nitrogens is 1. The highest BCUT2D eigenvalue weighted by atomic mass is 79.9. The van der Waals surface area contributed by atoms with Crippen LogP contribution in [-0.2, 0) is 9.59 Å². The molecule has 7 heteroatoms. The molecule has 1 aliphatic carbocycles. The van der Waals surface area contributed by atoms with Crippen molar-refractivity contribution in [3.05, 3.63) is 57.3 Å². The molecule has 1 aromatic carbocycles. The molecule has 0 spiro atoms. The SMILES string of the molecule is Cc1cc(C=C2C(=O)NC(=O)N(c3cccc(Br)c3)C2=O)c(C)n1C1CCCCC1. The molecule has 1 saturated heterocycles. The zero-order valence-electron chi connectivity index (χ0n) is 17.1. The van der Waals surface area contributed by atoms with Crippen LogP contribution in [0.15, 0.2) is 40.4 Å². The molecule has 6 nitrogen and oxygen atoms in total. The lowest BCUT2D eigenvalue weighted by molar-refractivity contribution is -0.122. The highest BCUT2D eigenvalue weighted by Gasteiger charge is 2.37. The van der Waals surface area contributed by atoms with Gasteiger partial charge in [-0.15, -0.1) is 0 Å². The van der Waals surface area contributed by atoms with Crippen molar-refractivity contribution in [2.75, 3.05) is 4.90 Å². The lowest BCUT2D eigenvalue weighted by atomic mass is 9.95. The molecule has 4 amide bonds. The fourth-order valence-electron chi connectivity index (χ4n) is 4.51. The van der Waals surface area contributed by atoms with E-state index in [0.717, 1.165) is 39.2 Å². The Morgan fingerprint density at radius 2 is 1.80 bits per heavy atom. The van der Waals surface area contributed by atoms with Gasteiger partial charge in [0.25, 0.3) is 11.8 Å². The van der Waals surface area contributed by atoms with Gasteiger partial charge in [0.1, 0.15) is 5.57 Å². The fraction of sp³-hybridized carbons (Fsp3) is 0.348. The maximum Gasteiger partial charge on any atom is 0.335 e. The Labute approximate surface area is 184 Å². The third-order valence-electron chi connectivity index (χ3n) is 5.93. The first-order valence-corrected chi connectivity index (χ1v) is 11.0. The molecule has 0 bridgehead atoms. The van der Waals surface area contributed by atoms with E-state index in [1.807, 2.05) is 13.0 Å². The van der Waals surface area contributed by atoms with Crippen molar-refractivity contribution in [1.29, 1.82) is 0 Å². The highest BCUT2D eigenvalue weighted by molar-refractivity contribution is 9.10. The summed E-state index contributed by atoms with van der Waals surface area (Å²) in [7, 11) is 0. The van der Waals surface area contributed by atoms with Crippen LogP contribution in [0.5, 0.6) is 0 Å². The molecule has 1 aliphatic heterocycles. The van der Waals surface area contributed by atoms with Crippen LogP contribution in [0.4, 0.5) is 10.5 Å². The van der Waals surface area contributed by atoms with Crippen LogP contribution in [0.25, 0.3) is 6.08 Å². The van der Waals surface area contributed by atoms with Crippen molar-refractivity contribution >= 4 is 45.5 Å². The number of nitrogens with zero attached hydrogens (tertiary/aromatic N) is 2. The number of halogens is 1. The van der Waals surface area contributed by atoms with E-state index in [1.54, 1.807) is 30.3 Å². The van der Waals surface area contributed by atoms with Crippen molar-refractivity contribution in [3.8, 4) is 0 Å². The normalized spacial score (nSPS) is 19.5. The Hall–Kier alpha value is -2.67. The molecule has 0 unspecified atom stereocenters. The van der Waals surface area contributed by atoms with E-state index in [-0.39, 0.29) is 5.57 Å². The lowest BCUT2D eigenvalue weighted by Gasteiger charge is -2.27. The third-order valence-corrected chi connectivity index (χ3v) is 6.42. The van der Waals surface area contributed by atoms with Crippen LogP contribution in [0.3, 0.4) is 0 Å². The Morgan fingerprint density at radius 1 is 1.07 bits per heavy atom. The monoisotopic (exact) mass is 469 g/mol. The quantitative estimate of drug-likeness (QED) is 0.505. The van der Waals surface area contributed by atoms with Gasteiger partial charge in [-0.05, 0) is 62.6 Å². The molecule has 4 rings (SSSR count). The number of imide groups is 2. The molecule has 1 aromatic heterocycles. The van der Waals surface area contributed by atoms with Crippen molar-refractivity contribution in [2.24, 2.45) is 0 Å². The molecule has 1 saturated carbocycles. The number of amides is 4. The van der Waals surface area contributed by atoms with E-state index in [9.17, 15) is 14.4 Å². The zero-order valence-corrected chi connectivity index (χ0v) is 18.7. The average molecular weight is 470 g/mol. The van der Waals surface area contributed by atoms with Gasteiger partial charge in [0.2, 0.25) is 0 Å². The molecular weight excluding hydrogens is 446 g/mol. The van der Waals surface area contributed by atoms with E-state index in [1.165, 1.54) is 19.3 Å². The number of benzene rings is 1. The number of urea groups is 1. The standard InChI is InChI=1S/C23H24BrN3O3/c1-14-11-16(15(2)26(14)18-8-4-3-5-9-18)12-20-21(28)25-23(30)27(22(20)29)19-10-6-7-17(24)13-19/h6-7,10-13,18H,3-5,8-9H2,1-2H3,(H,25,28,30). The first-order valence-electron chi connectivity index (χ1n) is 10.2. The van der Waals surface area contributed by atoms with Crippen LogP contribution in [0.1, 0.15) is 55.1 Å². The van der Waals surface area contributed by atoms with E-state index in [4.69, 9.17) is 0 Å². The molecule has 156 valence electrons. The smallest absolute Gasteiger partial charge is 0.335 e. The molecule has 0 radical (unpaired) electrons. The second kappa shape index (κ2) is 8.22. The average Bonchev–Trinajstić information content (AvgIpc) is 2.99. The summed E-state index contributed by atoms with van der Waals surface area (Å²) in [6.45, 7) is 4.08. The van der Waals surface area contributed by atoms with Crippen molar-refractivity contribution in [1.82, 2.24) is 9.88 Å². The van der Waals surface area contributed by atoms with Gasteiger partial charge in [-0.25, -0.2) is 9.69 Å². The Kier molecular flexibility index (Phi) is 5.64. The Morgan fingerprint density at radius 3 is 2.50 bits per heavy atom. The minimum atomic E-state index is -0.743. The topological polar surface area (TPSA) is 71.4 Å². The highest BCUT2D eigenvalue weighted by Crippen LogP contribution is 2.33. The first-order chi connectivity index (χ1) is 14.4. The minimum absolute atomic E-state index is 0.0431. The largest absolute Gasteiger partial charge is 0.346 e. The molecular formula is C23H24BrN3O3. The molecule has 2 aliphatic rings. The number of hydrogen-bond acceptors (Lipinski definition) is 3. The predicted molar refractivity (Wildman–Crippen MR) is 119 cm³/mol. The number of carbonyl (C=O) groups is 3. The Balaban J connectivity index is 1.71. The first kappa shape index (κ1) is 20.6. The van der Waals surface area contributed by atoms with Crippen molar-refractivity contribution in [2.45, 2.75) is 52.0 Å². The second-order valence-electron chi connectivity index (χ2n) is 7.93. The molecule has 0 atom stereocenters. The molecule has 2 heterocycles. The van der Waals surface area contributed by atoms with E-state index < -0.39 is 17.8 Å². The van der Waals surface area contributed by atoms with Crippen LogP contribution < -0.4 is 10.2 Å². The van der Waals surface area contributed by atoms with Crippen LogP contribution in [-0.4, -0.2) is 22.4 Å². The zero-order chi connectivity index (χ0) is 21.4. The van der Waals surface area contributed by atoms with Crippen LogP contribution >= 0.6 is 15.9 Å². The summed E-state index contributed by atoms with van der Waals surface area (Å²) in [6.07, 6.45) is 7.64. The van der Waals surface area contributed by atoms with Gasteiger partial charge >= 0.3 is 6.03 Å². The van der Waals surface area contributed by atoms with Crippen LogP contribution in [0.2, 0.25) is 0 Å². The number of carbonyl (C=O) groups excluding carboxylic acids is 3. The molecule has 30 heavy (non-hydrogen) atoms. The number of nitrogens with one attached hydrogen (secondary N) is 1. The summed E-state index contributed by atoms with van der Waals surface area (Å²) in [4.78, 5) is 39.0. The van der Waals surface area contributed by atoms with Gasteiger partial charge in [0, 0.05) is 21.9 Å². The van der Waals surface area contributed by atoms with Crippen LogP contribution in [0, 0.1) is 13.8 Å². The fourth-order valence-corrected chi connectivity index (χ4v) is 4.90. The van der Waals surface area contributed by atoms with Crippen molar-refractivity contribution < 1.29 is 14.4 Å². The Bertz CT molecular complexity index is 1060. The summed E-state index contributed by atoms with van der Waals surface area (Å²) in [5.41, 5.74) is 3.35. The summed E-state index contributed by atoms with van der Waals surface area (Å²) in [5.74, 6) is -1.29. The molecule has 2 aromatic rings. The van der Waals surface area contributed by atoms with Crippen molar-refractivity contribution in [3.63, 3.8) is 0 Å². The van der Waals surface area contributed by atoms with Gasteiger partial charge in [-0.1, -0.05) is 41.3 Å². The molecule has 1 N–H and O–H groups in total. The van der Waals surface area contributed by atoms with Gasteiger partial charge in [-0.2, -0.15) is 0 Å². The summed E-state index contributed by atoms with van der Waals surface area (Å²) < 4.78 is 3.06. The molecule has 2 fully saturated rings. The number of aryl methyl sites for hydroxylation is 1. The van der Waals surface area contributed by atoms with Gasteiger partial charge in [-0.3, -0.25) is 14.9 Å². The summed E-state index contributed by atoms with van der Waals surface area (Å²) in [6, 6.07) is 8.59. The number of barbiturate groups is 1. The number of rotatable bonds is 3. The summed E-state index contributed by atoms with van der Waals surface area (Å²) in [5, 5.41) is 2.29. The lowest BCUT2D eigenvalue weighted by Crippen LogP contribution is -2.54. The maximum absolute atomic E-state index is 13.1. The van der Waals surface area contributed by atoms with E-state index in [0.29, 0.717) is 11.7 Å². The predicted octanol–water partition coefficient (Wildman–Crippen LogP) is 5.04. The van der Waals surface area contributed by atoms with Gasteiger partial charge in [0.05, 0.1) is 5.69 Å². The minimum Gasteiger partial charge on any atom is -0.346 e. The van der Waals surface area contributed by atoms with Gasteiger partial charge < -0.3 is 4.57 Å². The third kappa shape index (κ3) is 3.74. The number of hydrogen-bond donors (Lipinski definition) is 1. The summed E-state index contributed by atoms with van der Waals surface area (Å²) >= 11 is 3.35. The number of anilines is 1. The second-order valence-corrected chi connectivity index (χ2v) is 8.84. The maximum atomic E-state index is 13.1. The van der Waals surface area contributed by atoms with Gasteiger partial charge in [0.15, 0.2) is 0 Å². The van der Waals surface area contributed by atoms with E-state index >= 15 is 0 Å².